The molecule has 2 aromatic heterocycles. The first-order chi connectivity index (χ1) is 26.5. The molecule has 0 radical (unpaired) electrons. The van der Waals surface area contributed by atoms with E-state index in [1.807, 2.05) is 0 Å². The first kappa shape index (κ1) is 46.1. The number of rotatable bonds is 16. The van der Waals surface area contributed by atoms with Crippen LogP contribution < -0.4 is 5.56 Å². The van der Waals surface area contributed by atoms with Crippen molar-refractivity contribution in [2.45, 2.75) is 53.7 Å². The van der Waals surface area contributed by atoms with Gasteiger partial charge in [-0.2, -0.15) is 33.7 Å². The third-order valence-electron chi connectivity index (χ3n) is 7.74. The van der Waals surface area contributed by atoms with Crippen LogP contribution in [0.3, 0.4) is 0 Å². The number of hydrogen-bond donors (Lipinski definition) is 6. The lowest BCUT2D eigenvalue weighted by atomic mass is 10.1. The van der Waals surface area contributed by atoms with Gasteiger partial charge in [-0.05, 0) is 60.8 Å². The Morgan fingerprint density at radius 3 is 1.97 bits per heavy atom. The summed E-state index contributed by atoms with van der Waals surface area (Å²) in [7, 11) is -24.7. The summed E-state index contributed by atoms with van der Waals surface area (Å²) in [4.78, 5) is 22.2. The Morgan fingerprint density at radius 1 is 0.810 bits per heavy atom. The van der Waals surface area contributed by atoms with E-state index in [0.717, 1.165) is 18.2 Å². The number of benzene rings is 2. The molecule has 316 valence electrons. The number of aromatic hydroxyl groups is 2. The van der Waals surface area contributed by atoms with Crippen molar-refractivity contribution in [2.75, 3.05) is 12.4 Å². The second kappa shape index (κ2) is 17.0. The maximum absolute atomic E-state index is 13.1. The van der Waals surface area contributed by atoms with Gasteiger partial charge in [0, 0.05) is 30.5 Å². The van der Waals surface area contributed by atoms with Crippen LogP contribution in [0.15, 0.2) is 60.0 Å². The molecule has 0 aliphatic carbocycles. The molecule has 30 heteroatoms. The zero-order valence-corrected chi connectivity index (χ0v) is 34.2. The Labute approximate surface area is 334 Å². The molecule has 0 aliphatic rings. The van der Waals surface area contributed by atoms with Gasteiger partial charge in [-0.25, -0.2) is 27.6 Å². The lowest BCUT2D eigenvalue weighted by molar-refractivity contribution is 0.284. The Balaban J connectivity index is 1.77. The summed E-state index contributed by atoms with van der Waals surface area (Å²) in [5.74, 6) is -4.69. The molecular formula is C28H29ClN6O18S5. The van der Waals surface area contributed by atoms with Crippen molar-refractivity contribution < 1.29 is 74.7 Å². The van der Waals surface area contributed by atoms with E-state index in [0.29, 0.717) is 10.6 Å². The molecule has 0 aliphatic heterocycles. The molecule has 0 spiro atoms. The minimum absolute atomic E-state index is 0.131. The van der Waals surface area contributed by atoms with Crippen LogP contribution in [0.5, 0.6) is 11.6 Å². The number of halogens is 1. The third kappa shape index (κ3) is 11.6. The highest BCUT2D eigenvalue weighted by molar-refractivity contribution is 7.91. The van der Waals surface area contributed by atoms with Crippen LogP contribution in [0, 0.1) is 6.92 Å². The number of hydrogen-bond acceptors (Lipinski definition) is 19. The maximum atomic E-state index is 13.1. The molecule has 0 atom stereocenters. The lowest BCUT2D eigenvalue weighted by Gasteiger charge is -2.14. The molecule has 6 N–H and O–H groups in total. The zero-order valence-electron chi connectivity index (χ0n) is 29.3. The maximum Gasteiger partial charge on any atom is 0.397 e. The lowest BCUT2D eigenvalue weighted by Crippen LogP contribution is -2.22. The first-order valence-electron chi connectivity index (χ1n) is 15.5. The van der Waals surface area contributed by atoms with Gasteiger partial charge in [-0.1, -0.05) is 6.07 Å². The summed E-state index contributed by atoms with van der Waals surface area (Å²) in [6.45, 7) is 1.30. The summed E-state index contributed by atoms with van der Waals surface area (Å²) in [6, 6.07) is 4.26. The number of azo groups is 1. The molecule has 0 saturated heterocycles. The van der Waals surface area contributed by atoms with Crippen LogP contribution in [0.1, 0.15) is 40.8 Å². The molecule has 58 heavy (non-hydrogen) atoms. The van der Waals surface area contributed by atoms with E-state index in [1.54, 1.807) is 0 Å². The number of phenols is 1. The molecule has 0 amide bonds. The summed E-state index contributed by atoms with van der Waals surface area (Å²) < 4.78 is 162. The fourth-order valence-electron chi connectivity index (χ4n) is 5.16. The molecule has 0 bridgehead atoms. The molecule has 4 rings (SSSR count). The zero-order chi connectivity index (χ0) is 43.8. The summed E-state index contributed by atoms with van der Waals surface area (Å²) in [5.41, 5.74) is -3.16. The highest BCUT2D eigenvalue weighted by Crippen LogP contribution is 2.34. The highest BCUT2D eigenvalue weighted by Gasteiger charge is 2.27. The van der Waals surface area contributed by atoms with E-state index in [-0.39, 0.29) is 35.7 Å². The van der Waals surface area contributed by atoms with Crippen molar-refractivity contribution in [2.24, 2.45) is 10.2 Å². The number of pyridine rings is 1. The fourth-order valence-corrected chi connectivity index (χ4v) is 8.95. The number of aromatic nitrogens is 4. The largest absolute Gasteiger partial charge is 0.506 e. The molecule has 4 aromatic rings. The molecular weight excluding hydrogens is 904 g/mol. The predicted molar refractivity (Wildman–Crippen MR) is 196 cm³/mol. The minimum atomic E-state index is -5.29. The van der Waals surface area contributed by atoms with Gasteiger partial charge in [0.25, 0.3) is 35.9 Å². The topological polar surface area (TPSA) is 387 Å². The quantitative estimate of drug-likeness (QED) is 0.0684. The highest BCUT2D eigenvalue weighted by atomic mass is 35.5. The summed E-state index contributed by atoms with van der Waals surface area (Å²) in [5, 5.41) is 28.3. The van der Waals surface area contributed by atoms with Crippen molar-refractivity contribution >= 4 is 73.6 Å². The first-order valence-corrected chi connectivity index (χ1v) is 23.4. The van der Waals surface area contributed by atoms with Crippen LogP contribution in [0.4, 0.5) is 11.4 Å². The van der Waals surface area contributed by atoms with Crippen LogP contribution >= 0.6 is 11.6 Å². The standard InChI is InChI=1S/C28H29ClN6O18S5/c1-3-35-26(37)18(13-55(41,42)43)14(2)24(27(35)38)34-33-19-8-15(4-5-20(19)56(44,45)46)9-22-30-23(32-28(29)31-22)11-16-10-17(12-21(25(16)36)57(47,48)49)54(39,40)7-6-53-58(50,51)52/h4-5,8,10,12,36-37H,3,6-7,9,11,13H2,1-2H3,(H,41,42,43)(H,44,45,46)(H,47,48,49)(H,50,51,52). The van der Waals surface area contributed by atoms with Gasteiger partial charge in [0.15, 0.2) is 21.4 Å². The fraction of sp³-hybridized carbons (Fsp3) is 0.286. The number of sulfone groups is 1. The van der Waals surface area contributed by atoms with Crippen molar-refractivity contribution in [1.29, 1.82) is 0 Å². The van der Waals surface area contributed by atoms with Crippen molar-refractivity contribution in [3.8, 4) is 11.6 Å². The van der Waals surface area contributed by atoms with Gasteiger partial charge in [0.05, 0.1) is 17.3 Å². The van der Waals surface area contributed by atoms with Crippen molar-refractivity contribution in [1.82, 2.24) is 19.5 Å². The second-order valence-corrected chi connectivity index (χ2v) is 19.6. The third-order valence-corrected chi connectivity index (χ3v) is 12.5. The van der Waals surface area contributed by atoms with Gasteiger partial charge in [0.1, 0.15) is 38.6 Å². The van der Waals surface area contributed by atoms with Crippen LogP contribution in [-0.2, 0) is 79.9 Å². The molecule has 0 fully saturated rings. The molecule has 24 nitrogen and oxygen atoms in total. The normalized spacial score (nSPS) is 13.0. The van der Waals surface area contributed by atoms with E-state index >= 15 is 0 Å². The summed E-state index contributed by atoms with van der Waals surface area (Å²) in [6.07, 6.45) is -1.02. The summed E-state index contributed by atoms with van der Waals surface area (Å²) >= 11 is 6.09. The van der Waals surface area contributed by atoms with E-state index in [1.165, 1.54) is 19.9 Å². The second-order valence-electron chi connectivity index (χ2n) is 11.8. The SMILES string of the molecule is CCn1c(O)c(CS(=O)(=O)O)c(C)c(N=Nc2cc(Cc3nc(Cl)nc(Cc4cc(S(=O)(=O)CCOS(=O)(=O)O)cc(S(=O)(=O)O)c4O)n3)ccc2S(=O)(=O)O)c1=O. The van der Waals surface area contributed by atoms with E-state index < -0.39 is 135 Å². The van der Waals surface area contributed by atoms with Gasteiger partial charge in [-0.15, -0.1) is 10.2 Å². The number of phenolic OH excluding ortho intramolecular Hbond substituents is 1. The molecule has 2 heterocycles. The van der Waals surface area contributed by atoms with Gasteiger partial charge >= 0.3 is 10.4 Å². The van der Waals surface area contributed by atoms with Crippen LogP contribution in [-0.4, -0.2) is 102 Å². The van der Waals surface area contributed by atoms with Gasteiger partial charge in [0.2, 0.25) is 5.28 Å². The van der Waals surface area contributed by atoms with E-state index in [2.05, 4.69) is 29.4 Å². The average molecular weight is 933 g/mol. The average Bonchev–Trinajstić information content (AvgIpc) is 3.05. The molecule has 2 aromatic carbocycles. The van der Waals surface area contributed by atoms with Crippen LogP contribution in [0.2, 0.25) is 5.28 Å². The van der Waals surface area contributed by atoms with Crippen molar-refractivity contribution in [3.63, 3.8) is 0 Å². The molecule has 0 saturated carbocycles. The minimum Gasteiger partial charge on any atom is -0.506 e. The monoisotopic (exact) mass is 932 g/mol. The molecule has 0 unspecified atom stereocenters. The Bertz CT molecular complexity index is 2980. The van der Waals surface area contributed by atoms with E-state index in [9.17, 15) is 70.8 Å². The Morgan fingerprint density at radius 2 is 1.41 bits per heavy atom. The Hall–Kier alpha value is -4.56. The number of nitrogens with zero attached hydrogens (tertiary/aromatic N) is 6. The smallest absolute Gasteiger partial charge is 0.397 e. The Kier molecular flexibility index (Phi) is 13.5. The predicted octanol–water partition coefficient (Wildman–Crippen LogP) is 1.50. The van der Waals surface area contributed by atoms with Crippen LogP contribution in [0.25, 0.3) is 0 Å². The van der Waals surface area contributed by atoms with E-state index in [4.69, 9.17) is 16.2 Å². The van der Waals surface area contributed by atoms with Crippen molar-refractivity contribution in [3.05, 3.63) is 79.9 Å². The van der Waals surface area contributed by atoms with Gasteiger partial charge < -0.3 is 10.2 Å². The van der Waals surface area contributed by atoms with Gasteiger partial charge in [-0.3, -0.25) is 27.6 Å².